The number of nitrogens with two attached hydrogens (primary N) is 1. The Morgan fingerprint density at radius 1 is 1.31 bits per heavy atom. The Hall–Kier alpha value is -1.02. The maximum Gasteiger partial charge on any atom is 0.0405 e. The van der Waals surface area contributed by atoms with E-state index in [1.54, 1.807) is 0 Å². The molecule has 0 saturated carbocycles. The van der Waals surface area contributed by atoms with Crippen molar-refractivity contribution in [1.29, 1.82) is 0 Å². The van der Waals surface area contributed by atoms with Crippen LogP contribution in [0.5, 0.6) is 0 Å². The predicted octanol–water partition coefficient (Wildman–Crippen LogP) is 2.65. The highest BCUT2D eigenvalue weighted by atomic mass is 15.2. The molecular formula is C14H22N2. The molecule has 1 heterocycles. The van der Waals surface area contributed by atoms with E-state index in [2.05, 4.69) is 50.8 Å². The van der Waals surface area contributed by atoms with Gasteiger partial charge in [0, 0.05) is 30.2 Å². The number of anilines is 1. The van der Waals surface area contributed by atoms with E-state index in [-0.39, 0.29) is 6.04 Å². The summed E-state index contributed by atoms with van der Waals surface area (Å²) in [5, 5.41) is 0. The van der Waals surface area contributed by atoms with Gasteiger partial charge in [0.15, 0.2) is 0 Å². The maximum absolute atomic E-state index is 6.10. The third-order valence-corrected chi connectivity index (χ3v) is 3.54. The number of benzene rings is 1. The van der Waals surface area contributed by atoms with Crippen LogP contribution in [0, 0.1) is 6.92 Å². The van der Waals surface area contributed by atoms with Crippen molar-refractivity contribution < 1.29 is 0 Å². The van der Waals surface area contributed by atoms with E-state index in [9.17, 15) is 0 Å². The van der Waals surface area contributed by atoms with E-state index in [0.717, 1.165) is 6.54 Å². The van der Waals surface area contributed by atoms with Crippen LogP contribution in [-0.2, 0) is 0 Å². The van der Waals surface area contributed by atoms with E-state index in [0.29, 0.717) is 12.0 Å². The van der Waals surface area contributed by atoms with Crippen LogP contribution < -0.4 is 10.6 Å². The highest BCUT2D eigenvalue weighted by Gasteiger charge is 2.31. The van der Waals surface area contributed by atoms with Crippen molar-refractivity contribution in [3.05, 3.63) is 29.3 Å². The molecule has 0 radical (unpaired) electrons. The van der Waals surface area contributed by atoms with E-state index >= 15 is 0 Å². The Bertz CT molecular complexity index is 382. The fraction of sp³-hybridized carbons (Fsp3) is 0.571. The van der Waals surface area contributed by atoms with Crippen LogP contribution in [0.2, 0.25) is 0 Å². The molecule has 1 aromatic carbocycles. The first-order valence-electron chi connectivity index (χ1n) is 6.13. The Kier molecular flexibility index (Phi) is 2.94. The van der Waals surface area contributed by atoms with Gasteiger partial charge in [-0.25, -0.2) is 0 Å². The molecule has 2 atom stereocenters. The molecule has 0 aliphatic carbocycles. The molecule has 2 heteroatoms. The molecule has 2 unspecified atom stereocenters. The summed E-state index contributed by atoms with van der Waals surface area (Å²) in [4.78, 5) is 2.46. The topological polar surface area (TPSA) is 29.3 Å². The van der Waals surface area contributed by atoms with Gasteiger partial charge in [-0.1, -0.05) is 17.7 Å². The fourth-order valence-electron chi connectivity index (χ4n) is 2.58. The van der Waals surface area contributed by atoms with Crippen LogP contribution >= 0.6 is 0 Å². The molecule has 0 aromatic heterocycles. The Morgan fingerprint density at radius 3 is 2.56 bits per heavy atom. The lowest BCUT2D eigenvalue weighted by atomic mass is 9.94. The molecule has 1 aliphatic heterocycles. The normalized spacial score (nSPS) is 21.4. The number of rotatable bonds is 2. The van der Waals surface area contributed by atoms with Gasteiger partial charge in [-0.05, 0) is 39.3 Å². The quantitative estimate of drug-likeness (QED) is 0.827. The van der Waals surface area contributed by atoms with E-state index in [4.69, 9.17) is 5.73 Å². The van der Waals surface area contributed by atoms with Crippen molar-refractivity contribution in [2.45, 2.75) is 45.7 Å². The molecule has 2 nitrogen and oxygen atoms in total. The number of hydrogen-bond donors (Lipinski definition) is 1. The predicted molar refractivity (Wildman–Crippen MR) is 70.1 cm³/mol. The van der Waals surface area contributed by atoms with Gasteiger partial charge in [0.2, 0.25) is 0 Å². The van der Waals surface area contributed by atoms with Crippen LogP contribution in [0.3, 0.4) is 0 Å². The lowest BCUT2D eigenvalue weighted by Crippen LogP contribution is -2.33. The first-order valence-corrected chi connectivity index (χ1v) is 6.13. The van der Waals surface area contributed by atoms with Crippen molar-refractivity contribution in [3.63, 3.8) is 0 Å². The first kappa shape index (κ1) is 11.5. The second-order valence-corrected chi connectivity index (χ2v) is 5.27. The number of nitrogens with zero attached hydrogens (tertiary/aromatic N) is 1. The summed E-state index contributed by atoms with van der Waals surface area (Å²) in [5.74, 6) is 0.484. The molecule has 2 N–H and O–H groups in total. The average Bonchev–Trinajstić information content (AvgIpc) is 2.56. The maximum atomic E-state index is 6.10. The summed E-state index contributed by atoms with van der Waals surface area (Å²) in [6.45, 7) is 9.81. The number of hydrogen-bond acceptors (Lipinski definition) is 2. The summed E-state index contributed by atoms with van der Waals surface area (Å²) < 4.78 is 0. The monoisotopic (exact) mass is 218 g/mol. The molecule has 0 bridgehead atoms. The zero-order chi connectivity index (χ0) is 11.9. The fourth-order valence-corrected chi connectivity index (χ4v) is 2.58. The highest BCUT2D eigenvalue weighted by molar-refractivity contribution is 5.62. The minimum absolute atomic E-state index is 0.226. The summed E-state index contributed by atoms with van der Waals surface area (Å²) in [6.07, 6.45) is 0. The van der Waals surface area contributed by atoms with Gasteiger partial charge in [0.05, 0.1) is 0 Å². The molecule has 88 valence electrons. The van der Waals surface area contributed by atoms with Crippen LogP contribution in [0.25, 0.3) is 0 Å². The summed E-state index contributed by atoms with van der Waals surface area (Å²) in [6, 6.07) is 7.51. The summed E-state index contributed by atoms with van der Waals surface area (Å²) in [7, 11) is 0. The molecule has 0 saturated heterocycles. The van der Waals surface area contributed by atoms with Crippen LogP contribution in [0.4, 0.5) is 5.69 Å². The summed E-state index contributed by atoms with van der Waals surface area (Å²) in [5.41, 5.74) is 10.2. The van der Waals surface area contributed by atoms with E-state index in [1.165, 1.54) is 16.8 Å². The van der Waals surface area contributed by atoms with Gasteiger partial charge in [-0.15, -0.1) is 0 Å². The largest absolute Gasteiger partial charge is 0.368 e. The third kappa shape index (κ3) is 1.82. The lowest BCUT2D eigenvalue weighted by molar-refractivity contribution is 0.565. The molecule has 0 fully saturated rings. The van der Waals surface area contributed by atoms with Crippen LogP contribution in [0.15, 0.2) is 18.2 Å². The molecule has 0 spiro atoms. The zero-order valence-electron chi connectivity index (χ0n) is 10.7. The first-order chi connectivity index (χ1) is 7.50. The van der Waals surface area contributed by atoms with Gasteiger partial charge in [0.1, 0.15) is 0 Å². The van der Waals surface area contributed by atoms with Crippen molar-refractivity contribution in [3.8, 4) is 0 Å². The standard InChI is InChI=1S/C14H22N2/c1-9(2)16-8-13(11(4)15)12-7-10(3)5-6-14(12)16/h5-7,9,11,13H,8,15H2,1-4H3. The Morgan fingerprint density at radius 2 is 2.00 bits per heavy atom. The SMILES string of the molecule is Cc1ccc2c(c1)C(C(C)N)CN2C(C)C. The molecular weight excluding hydrogens is 196 g/mol. The molecule has 16 heavy (non-hydrogen) atoms. The molecule has 2 rings (SSSR count). The molecule has 1 aliphatic rings. The lowest BCUT2D eigenvalue weighted by Gasteiger charge is -2.25. The van der Waals surface area contributed by atoms with E-state index < -0.39 is 0 Å². The number of fused-ring (bicyclic) bond motifs is 1. The molecule has 0 amide bonds. The van der Waals surface area contributed by atoms with Gasteiger partial charge in [-0.2, -0.15) is 0 Å². The van der Waals surface area contributed by atoms with Gasteiger partial charge in [0.25, 0.3) is 0 Å². The average molecular weight is 218 g/mol. The number of aryl methyl sites for hydroxylation is 1. The van der Waals surface area contributed by atoms with Crippen molar-refractivity contribution in [2.75, 3.05) is 11.4 Å². The van der Waals surface area contributed by atoms with Gasteiger partial charge in [-0.3, -0.25) is 0 Å². The van der Waals surface area contributed by atoms with Gasteiger partial charge >= 0.3 is 0 Å². The Labute approximate surface area is 98.4 Å². The second kappa shape index (κ2) is 4.10. The van der Waals surface area contributed by atoms with Crippen molar-refractivity contribution in [2.24, 2.45) is 5.73 Å². The smallest absolute Gasteiger partial charge is 0.0405 e. The second-order valence-electron chi connectivity index (χ2n) is 5.27. The minimum Gasteiger partial charge on any atom is -0.368 e. The third-order valence-electron chi connectivity index (χ3n) is 3.54. The van der Waals surface area contributed by atoms with Crippen molar-refractivity contribution >= 4 is 5.69 Å². The van der Waals surface area contributed by atoms with Crippen LogP contribution in [0.1, 0.15) is 37.8 Å². The minimum atomic E-state index is 0.226. The van der Waals surface area contributed by atoms with E-state index in [1.807, 2.05) is 0 Å². The van der Waals surface area contributed by atoms with Crippen molar-refractivity contribution in [1.82, 2.24) is 0 Å². The molecule has 1 aromatic rings. The Balaban J connectivity index is 2.44. The van der Waals surface area contributed by atoms with Crippen LogP contribution in [-0.4, -0.2) is 18.6 Å². The zero-order valence-corrected chi connectivity index (χ0v) is 10.7. The highest BCUT2D eigenvalue weighted by Crippen LogP contribution is 2.39. The summed E-state index contributed by atoms with van der Waals surface area (Å²) >= 11 is 0. The van der Waals surface area contributed by atoms with Gasteiger partial charge < -0.3 is 10.6 Å².